The van der Waals surface area contributed by atoms with Crippen molar-refractivity contribution in [2.24, 2.45) is 0 Å². The molecule has 1 heterocycles. The Balaban J connectivity index is 2.18. The van der Waals surface area contributed by atoms with Crippen molar-refractivity contribution in [2.75, 3.05) is 13.1 Å². The van der Waals surface area contributed by atoms with Crippen LogP contribution < -0.4 is 0 Å². The second-order valence-corrected chi connectivity index (χ2v) is 7.90. The Morgan fingerprint density at radius 1 is 1.12 bits per heavy atom. The molecule has 1 unspecified atom stereocenters. The van der Waals surface area contributed by atoms with Crippen molar-refractivity contribution in [3.05, 3.63) is 29.3 Å². The van der Waals surface area contributed by atoms with Gasteiger partial charge in [-0.1, -0.05) is 11.6 Å². The standard InChI is InChI=1S/C13H11ClF5NO3S/c14-8-1-3-9(4-2-8)24(22,23)10-5-6-20(7-10)11(21)12(15,16)13(17,18)19/h1-4,10H,5-7H2. The first-order valence-corrected chi connectivity index (χ1v) is 8.53. The summed E-state index contributed by atoms with van der Waals surface area (Å²) in [5.41, 5.74) is 0. The number of likely N-dealkylation sites (tertiary alicyclic amines) is 1. The molecule has 1 aromatic carbocycles. The van der Waals surface area contributed by atoms with Gasteiger partial charge in [0.05, 0.1) is 10.1 Å². The monoisotopic (exact) mass is 391 g/mol. The SMILES string of the molecule is O=C(N1CCC(S(=O)(=O)c2ccc(Cl)cc2)C1)C(F)(F)C(F)(F)F. The molecule has 0 aliphatic carbocycles. The molecule has 1 fully saturated rings. The van der Waals surface area contributed by atoms with Crippen LogP contribution >= 0.6 is 11.6 Å². The molecule has 24 heavy (non-hydrogen) atoms. The van der Waals surface area contributed by atoms with Gasteiger partial charge in [-0.05, 0) is 30.7 Å². The number of rotatable bonds is 3. The van der Waals surface area contributed by atoms with Crippen LogP contribution in [0.4, 0.5) is 22.0 Å². The molecule has 1 saturated heterocycles. The normalized spacial score (nSPS) is 19.6. The van der Waals surface area contributed by atoms with Crippen molar-refractivity contribution in [3.63, 3.8) is 0 Å². The molecule has 1 amide bonds. The van der Waals surface area contributed by atoms with Crippen LogP contribution in [-0.4, -0.2) is 49.7 Å². The summed E-state index contributed by atoms with van der Waals surface area (Å²) in [6.07, 6.45) is -6.26. The van der Waals surface area contributed by atoms with Crippen molar-refractivity contribution >= 4 is 27.3 Å². The summed E-state index contributed by atoms with van der Waals surface area (Å²) in [5.74, 6) is -7.99. The van der Waals surface area contributed by atoms with E-state index < -0.39 is 46.2 Å². The zero-order valence-corrected chi connectivity index (χ0v) is 13.4. The first-order chi connectivity index (χ1) is 10.9. The molecule has 11 heteroatoms. The second kappa shape index (κ2) is 6.14. The van der Waals surface area contributed by atoms with E-state index >= 15 is 0 Å². The number of amides is 1. The Bertz CT molecular complexity index is 733. The average Bonchev–Trinajstić information content (AvgIpc) is 2.96. The van der Waals surface area contributed by atoms with Gasteiger partial charge in [0.25, 0.3) is 0 Å². The molecule has 0 spiro atoms. The van der Waals surface area contributed by atoms with Crippen LogP contribution in [0.3, 0.4) is 0 Å². The van der Waals surface area contributed by atoms with Crippen LogP contribution in [0, 0.1) is 0 Å². The van der Waals surface area contributed by atoms with Gasteiger partial charge in [0.2, 0.25) is 0 Å². The van der Waals surface area contributed by atoms with Gasteiger partial charge >= 0.3 is 18.0 Å². The van der Waals surface area contributed by atoms with Crippen molar-refractivity contribution in [3.8, 4) is 0 Å². The van der Waals surface area contributed by atoms with E-state index in [0.29, 0.717) is 0 Å². The van der Waals surface area contributed by atoms with Crippen molar-refractivity contribution < 1.29 is 35.2 Å². The number of halogens is 6. The first kappa shape index (κ1) is 18.9. The van der Waals surface area contributed by atoms with Crippen molar-refractivity contribution in [1.29, 1.82) is 0 Å². The van der Waals surface area contributed by atoms with E-state index in [-0.39, 0.29) is 21.2 Å². The van der Waals surface area contributed by atoms with Gasteiger partial charge in [0.15, 0.2) is 9.84 Å². The lowest BCUT2D eigenvalue weighted by molar-refractivity contribution is -0.274. The van der Waals surface area contributed by atoms with Crippen LogP contribution in [-0.2, 0) is 14.6 Å². The minimum absolute atomic E-state index is 0.145. The largest absolute Gasteiger partial charge is 0.463 e. The summed E-state index contributed by atoms with van der Waals surface area (Å²) >= 11 is 5.64. The fourth-order valence-corrected chi connectivity index (χ4v) is 4.12. The number of benzene rings is 1. The highest BCUT2D eigenvalue weighted by Gasteiger charge is 2.65. The number of alkyl halides is 5. The fraction of sp³-hybridized carbons (Fsp3) is 0.462. The summed E-state index contributed by atoms with van der Waals surface area (Å²) in [5, 5.41) is -0.978. The lowest BCUT2D eigenvalue weighted by Gasteiger charge is -2.24. The summed E-state index contributed by atoms with van der Waals surface area (Å²) in [7, 11) is -3.98. The zero-order chi connectivity index (χ0) is 18.3. The third-order valence-corrected chi connectivity index (χ3v) is 6.08. The molecular formula is C13H11ClF5NO3S. The molecule has 134 valence electrons. The molecule has 0 bridgehead atoms. The van der Waals surface area contributed by atoms with E-state index in [4.69, 9.17) is 11.6 Å². The van der Waals surface area contributed by atoms with E-state index in [1.54, 1.807) is 0 Å². The predicted octanol–water partition coefficient (Wildman–Crippen LogP) is 2.91. The average molecular weight is 392 g/mol. The lowest BCUT2D eigenvalue weighted by Crippen LogP contribution is -2.51. The number of carbonyl (C=O) groups excluding carboxylic acids is 1. The Morgan fingerprint density at radius 3 is 2.17 bits per heavy atom. The molecule has 0 aromatic heterocycles. The summed E-state index contributed by atoms with van der Waals surface area (Å²) < 4.78 is 87.6. The zero-order valence-electron chi connectivity index (χ0n) is 11.9. The fourth-order valence-electron chi connectivity index (χ4n) is 2.30. The molecule has 0 radical (unpaired) electrons. The molecule has 4 nitrogen and oxygen atoms in total. The molecule has 1 aromatic rings. The summed E-state index contributed by atoms with van der Waals surface area (Å²) in [6, 6.07) is 5.02. The van der Waals surface area contributed by atoms with E-state index in [0.717, 1.165) is 0 Å². The number of hydrogen-bond donors (Lipinski definition) is 0. The molecule has 1 atom stereocenters. The topological polar surface area (TPSA) is 54.5 Å². The maximum atomic E-state index is 13.1. The molecule has 2 rings (SSSR count). The Kier molecular flexibility index (Phi) is 4.84. The quantitative estimate of drug-likeness (QED) is 0.744. The summed E-state index contributed by atoms with van der Waals surface area (Å²) in [6.45, 7) is -1.22. The highest BCUT2D eigenvalue weighted by molar-refractivity contribution is 7.92. The van der Waals surface area contributed by atoms with Crippen LogP contribution in [0.15, 0.2) is 29.2 Å². The van der Waals surface area contributed by atoms with Crippen LogP contribution in [0.1, 0.15) is 6.42 Å². The van der Waals surface area contributed by atoms with Crippen LogP contribution in [0.2, 0.25) is 5.02 Å². The van der Waals surface area contributed by atoms with Crippen molar-refractivity contribution in [2.45, 2.75) is 28.7 Å². The molecule has 1 aliphatic rings. The van der Waals surface area contributed by atoms with Crippen LogP contribution in [0.25, 0.3) is 0 Å². The Hall–Kier alpha value is -1.42. The van der Waals surface area contributed by atoms with Gasteiger partial charge in [-0.3, -0.25) is 4.79 Å². The molecular weight excluding hydrogens is 381 g/mol. The number of nitrogens with zero attached hydrogens (tertiary/aromatic N) is 1. The number of hydrogen-bond acceptors (Lipinski definition) is 3. The predicted molar refractivity (Wildman–Crippen MR) is 74.6 cm³/mol. The highest BCUT2D eigenvalue weighted by Crippen LogP contribution is 2.38. The van der Waals surface area contributed by atoms with Gasteiger partial charge in [-0.15, -0.1) is 0 Å². The smallest absolute Gasteiger partial charge is 0.336 e. The Morgan fingerprint density at radius 2 is 1.67 bits per heavy atom. The summed E-state index contributed by atoms with van der Waals surface area (Å²) in [4.78, 5) is 11.5. The Labute approximate surface area is 139 Å². The third-order valence-electron chi connectivity index (χ3n) is 3.64. The number of carbonyl (C=O) groups is 1. The van der Waals surface area contributed by atoms with Crippen molar-refractivity contribution in [1.82, 2.24) is 4.90 Å². The van der Waals surface area contributed by atoms with E-state index in [9.17, 15) is 35.2 Å². The van der Waals surface area contributed by atoms with Gasteiger partial charge in [-0.2, -0.15) is 22.0 Å². The van der Waals surface area contributed by atoms with Crippen LogP contribution in [0.5, 0.6) is 0 Å². The van der Waals surface area contributed by atoms with Gasteiger partial charge in [0, 0.05) is 18.1 Å². The second-order valence-electron chi connectivity index (χ2n) is 5.23. The molecule has 0 N–H and O–H groups in total. The van der Waals surface area contributed by atoms with Gasteiger partial charge < -0.3 is 4.90 Å². The highest BCUT2D eigenvalue weighted by atomic mass is 35.5. The minimum atomic E-state index is -6.03. The number of sulfone groups is 1. The third kappa shape index (κ3) is 3.34. The minimum Gasteiger partial charge on any atom is -0.336 e. The van der Waals surface area contributed by atoms with E-state index in [1.165, 1.54) is 24.3 Å². The first-order valence-electron chi connectivity index (χ1n) is 6.61. The maximum absolute atomic E-state index is 13.1. The lowest BCUT2D eigenvalue weighted by atomic mass is 10.3. The van der Waals surface area contributed by atoms with E-state index in [2.05, 4.69) is 0 Å². The molecule has 0 saturated carbocycles. The van der Waals surface area contributed by atoms with E-state index in [1.807, 2.05) is 0 Å². The van der Waals surface area contributed by atoms with Gasteiger partial charge in [-0.25, -0.2) is 8.42 Å². The maximum Gasteiger partial charge on any atom is 0.463 e. The van der Waals surface area contributed by atoms with Gasteiger partial charge in [0.1, 0.15) is 0 Å². The molecule has 1 aliphatic heterocycles.